The summed E-state index contributed by atoms with van der Waals surface area (Å²) in [6.45, 7) is 14.4. The molecular weight excluding hydrogens is 335 g/mol. The van der Waals surface area contributed by atoms with Crippen LogP contribution in [0.4, 0.5) is 0 Å². The monoisotopic (exact) mass is 362 g/mol. The molecule has 0 aromatic heterocycles. The van der Waals surface area contributed by atoms with Crippen LogP contribution in [-0.4, -0.2) is 26.7 Å². The van der Waals surface area contributed by atoms with Gasteiger partial charge in [0.1, 0.15) is 0 Å². The van der Waals surface area contributed by atoms with E-state index < -0.39 is 0 Å². The third-order valence-corrected chi connectivity index (χ3v) is 6.99. The van der Waals surface area contributed by atoms with Gasteiger partial charge in [-0.2, -0.15) is 0 Å². The number of rotatable bonds is 6. The Morgan fingerprint density at radius 1 is 1.41 bits per heavy atom. The second kappa shape index (κ2) is 7.00. The molecule has 1 aromatic rings. The maximum atomic E-state index is 6.38. The van der Waals surface area contributed by atoms with Gasteiger partial charge in [-0.1, -0.05) is 0 Å². The van der Waals surface area contributed by atoms with Crippen molar-refractivity contribution in [1.29, 1.82) is 0 Å². The van der Waals surface area contributed by atoms with Crippen molar-refractivity contribution in [3.8, 4) is 0 Å². The van der Waals surface area contributed by atoms with Gasteiger partial charge < -0.3 is 0 Å². The van der Waals surface area contributed by atoms with Crippen LogP contribution in [0.3, 0.4) is 0 Å². The molecule has 1 saturated heterocycles. The number of allylic oxidation sites excluding steroid dienone is 2. The number of hydrogen-bond acceptors (Lipinski definition) is 1. The Balaban J connectivity index is 2.26. The van der Waals surface area contributed by atoms with Crippen LogP contribution in [0.2, 0.25) is 4.31 Å². The van der Waals surface area contributed by atoms with E-state index in [4.69, 9.17) is 4.74 Å². The predicted molar refractivity (Wildman–Crippen MR) is 96.9 cm³/mol. The van der Waals surface area contributed by atoms with E-state index in [2.05, 4.69) is 69.5 Å². The van der Waals surface area contributed by atoms with Crippen LogP contribution in [0.15, 0.2) is 67.3 Å². The quantitative estimate of drug-likeness (QED) is 0.413. The van der Waals surface area contributed by atoms with Crippen LogP contribution < -0.4 is 4.46 Å². The molecule has 0 bridgehead atoms. The van der Waals surface area contributed by atoms with Crippen molar-refractivity contribution >= 4 is 19.4 Å². The van der Waals surface area contributed by atoms with Crippen molar-refractivity contribution < 1.29 is 4.74 Å². The summed E-state index contributed by atoms with van der Waals surface area (Å²) < 4.78 is 7.81. The van der Waals surface area contributed by atoms with Gasteiger partial charge in [0.2, 0.25) is 0 Å². The van der Waals surface area contributed by atoms with Crippen molar-refractivity contribution in [2.45, 2.75) is 49.6 Å². The Labute approximate surface area is 141 Å². The van der Waals surface area contributed by atoms with E-state index in [-0.39, 0.29) is 16.0 Å². The zero-order valence-electron chi connectivity index (χ0n) is 13.8. The summed E-state index contributed by atoms with van der Waals surface area (Å²) in [7, 11) is 0. The summed E-state index contributed by atoms with van der Waals surface area (Å²) in [5.74, 6) is 0. The molecule has 1 aromatic carbocycles. The first-order chi connectivity index (χ1) is 10.4. The Kier molecular flexibility index (Phi) is 5.50. The van der Waals surface area contributed by atoms with Gasteiger partial charge in [-0.25, -0.2) is 0 Å². The molecule has 2 heteroatoms. The number of hydrogen-bond donors (Lipinski definition) is 0. The van der Waals surface area contributed by atoms with Gasteiger partial charge in [0.15, 0.2) is 0 Å². The molecule has 1 aliphatic heterocycles. The third-order valence-electron chi connectivity index (χ3n) is 4.17. The van der Waals surface area contributed by atoms with Gasteiger partial charge in [0.05, 0.1) is 0 Å². The first-order valence-corrected chi connectivity index (χ1v) is 9.48. The van der Waals surface area contributed by atoms with Crippen LogP contribution in [0, 0.1) is 0 Å². The second-order valence-electron chi connectivity index (χ2n) is 6.44. The molecule has 0 N–H and O–H groups in total. The SMILES string of the molecule is C=CC1(C)CCC(C(C)(/C=C/C(=C)C)[Se]c2ccccc2)O1. The number of benzene rings is 1. The topological polar surface area (TPSA) is 9.23 Å². The molecule has 0 spiro atoms. The molecule has 0 saturated carbocycles. The van der Waals surface area contributed by atoms with Gasteiger partial charge in [-0.05, 0) is 0 Å². The zero-order valence-corrected chi connectivity index (χ0v) is 15.6. The van der Waals surface area contributed by atoms with Crippen LogP contribution >= 0.6 is 0 Å². The molecule has 118 valence electrons. The van der Waals surface area contributed by atoms with Crippen molar-refractivity contribution in [3.05, 3.63) is 67.3 Å². The van der Waals surface area contributed by atoms with E-state index in [1.165, 1.54) is 4.46 Å². The molecule has 1 heterocycles. The van der Waals surface area contributed by atoms with Crippen LogP contribution in [-0.2, 0) is 4.74 Å². The molecule has 1 nitrogen and oxygen atoms in total. The molecule has 3 unspecified atom stereocenters. The average molecular weight is 361 g/mol. The Bertz CT molecular complexity index is 562. The van der Waals surface area contributed by atoms with E-state index in [1.54, 1.807) is 0 Å². The van der Waals surface area contributed by atoms with Gasteiger partial charge >= 0.3 is 141 Å². The Morgan fingerprint density at radius 2 is 2.09 bits per heavy atom. The maximum absolute atomic E-state index is 6.38. The number of ether oxygens (including phenoxy) is 1. The fourth-order valence-electron chi connectivity index (χ4n) is 2.67. The van der Waals surface area contributed by atoms with Crippen molar-refractivity contribution in [2.75, 3.05) is 0 Å². The molecular formula is C20H26OSe. The van der Waals surface area contributed by atoms with Crippen molar-refractivity contribution in [3.63, 3.8) is 0 Å². The fraction of sp³-hybridized carbons (Fsp3) is 0.400. The van der Waals surface area contributed by atoms with E-state index in [0.29, 0.717) is 15.0 Å². The molecule has 0 radical (unpaired) electrons. The van der Waals surface area contributed by atoms with E-state index in [9.17, 15) is 0 Å². The summed E-state index contributed by atoms with van der Waals surface area (Å²) in [5, 5.41) is 0. The van der Waals surface area contributed by atoms with Gasteiger partial charge in [-0.15, -0.1) is 0 Å². The Morgan fingerprint density at radius 3 is 2.64 bits per heavy atom. The first kappa shape index (κ1) is 17.3. The molecule has 1 fully saturated rings. The molecule has 0 amide bonds. The molecule has 1 aliphatic rings. The standard InChI is InChI=1S/C20H26OSe/c1-6-19(4)14-13-18(21-19)20(5,15-12-16(2)3)22-17-10-8-7-9-11-17/h6-12,15,18H,1-2,13-14H2,3-5H3/b15-12+. The minimum absolute atomic E-state index is 0.0219. The molecule has 3 atom stereocenters. The van der Waals surface area contributed by atoms with Crippen LogP contribution in [0.1, 0.15) is 33.6 Å². The van der Waals surface area contributed by atoms with Gasteiger partial charge in [0.25, 0.3) is 0 Å². The third kappa shape index (κ3) is 4.23. The van der Waals surface area contributed by atoms with Crippen molar-refractivity contribution in [1.82, 2.24) is 0 Å². The van der Waals surface area contributed by atoms with E-state index in [0.717, 1.165) is 18.4 Å². The van der Waals surface area contributed by atoms with E-state index in [1.807, 2.05) is 13.0 Å². The van der Waals surface area contributed by atoms with Crippen molar-refractivity contribution in [2.24, 2.45) is 0 Å². The molecule has 0 aliphatic carbocycles. The Hall–Kier alpha value is -1.08. The summed E-state index contributed by atoms with van der Waals surface area (Å²) in [4.78, 5) is 0. The summed E-state index contributed by atoms with van der Waals surface area (Å²) in [6.07, 6.45) is 8.74. The molecule has 2 rings (SSSR count). The second-order valence-corrected chi connectivity index (χ2v) is 9.70. The average Bonchev–Trinajstić information content (AvgIpc) is 2.90. The van der Waals surface area contributed by atoms with Gasteiger partial charge in [-0.3, -0.25) is 0 Å². The van der Waals surface area contributed by atoms with Crippen LogP contribution in [0.25, 0.3) is 0 Å². The summed E-state index contributed by atoms with van der Waals surface area (Å²) >= 11 is 0.303. The van der Waals surface area contributed by atoms with Gasteiger partial charge in [0, 0.05) is 0 Å². The molecule has 22 heavy (non-hydrogen) atoms. The summed E-state index contributed by atoms with van der Waals surface area (Å²) in [5.41, 5.74) is 0.898. The fourth-order valence-corrected chi connectivity index (χ4v) is 5.26. The predicted octanol–water partition coefficient (Wildman–Crippen LogP) is 4.45. The van der Waals surface area contributed by atoms with Crippen LogP contribution in [0.5, 0.6) is 0 Å². The first-order valence-electron chi connectivity index (χ1n) is 7.77. The minimum atomic E-state index is -0.185. The normalized spacial score (nSPS) is 27.7. The van der Waals surface area contributed by atoms with E-state index >= 15 is 0 Å². The zero-order chi connectivity index (χ0) is 16.2. The summed E-state index contributed by atoms with van der Waals surface area (Å²) in [6, 6.07) is 10.7.